The van der Waals surface area contributed by atoms with Gasteiger partial charge in [-0.1, -0.05) is 0 Å². The quantitative estimate of drug-likeness (QED) is 0.0484. The first-order chi connectivity index (χ1) is 30.7. The highest BCUT2D eigenvalue weighted by molar-refractivity contribution is 6.93. The molecule has 0 aliphatic rings. The van der Waals surface area contributed by atoms with E-state index in [1.54, 1.807) is 0 Å². The molecule has 0 heterocycles. The molecule has 0 amide bonds. The van der Waals surface area contributed by atoms with E-state index in [1.165, 1.54) is 0 Å². The summed E-state index contributed by atoms with van der Waals surface area (Å²) in [4.78, 5) is 0. The molecule has 4 rings (SSSR count). The van der Waals surface area contributed by atoms with Crippen LogP contribution in [0.4, 0.5) is 0 Å². The molecule has 13 nitrogen and oxygen atoms in total. The lowest BCUT2D eigenvalue weighted by atomic mass is 10.3. The van der Waals surface area contributed by atoms with Crippen molar-refractivity contribution in [3.63, 3.8) is 0 Å². The molecular formula is C48H68O13Si2. The van der Waals surface area contributed by atoms with Crippen molar-refractivity contribution in [2.75, 3.05) is 79.3 Å². The van der Waals surface area contributed by atoms with Crippen LogP contribution in [0.2, 0.25) is 0 Å². The van der Waals surface area contributed by atoms with Gasteiger partial charge in [-0.3, -0.25) is 0 Å². The van der Waals surface area contributed by atoms with Gasteiger partial charge in [-0.05, 0) is 107 Å². The Kier molecular flexibility index (Phi) is 21.2. The Morgan fingerprint density at radius 1 is 0.222 bits per heavy atom. The Labute approximate surface area is 378 Å². The van der Waals surface area contributed by atoms with Gasteiger partial charge in [0.2, 0.25) is 0 Å². The van der Waals surface area contributed by atoms with Crippen LogP contribution in [-0.4, -0.2) is 97.4 Å². The molecule has 0 unspecified atom stereocenters. The number of hydrogen-bond donors (Lipinski definition) is 0. The lowest BCUT2D eigenvalue weighted by Gasteiger charge is -2.30. The maximum absolute atomic E-state index is 7.97. The van der Waals surface area contributed by atoms with Crippen molar-refractivity contribution in [2.24, 2.45) is 0 Å². The monoisotopic (exact) mass is 908 g/mol. The van der Waals surface area contributed by atoms with Crippen molar-refractivity contribution in [1.82, 2.24) is 0 Å². The van der Waals surface area contributed by atoms with Crippen molar-refractivity contribution >= 4 is 38.8 Å². The zero-order chi connectivity index (χ0) is 45.7. The fourth-order valence-electron chi connectivity index (χ4n) is 6.73. The fourth-order valence-corrected chi connectivity index (χ4v) is 12.4. The van der Waals surface area contributed by atoms with E-state index < -0.39 is 18.1 Å². The van der Waals surface area contributed by atoms with Gasteiger partial charge in [0.1, 0.15) is 23.0 Å². The maximum atomic E-state index is 7.97. The predicted octanol–water partition coefficient (Wildman–Crippen LogP) is 7.40. The van der Waals surface area contributed by atoms with Crippen LogP contribution in [0.1, 0.15) is 83.1 Å². The van der Waals surface area contributed by atoms with E-state index in [4.69, 9.17) is 61.0 Å². The average molecular weight is 909 g/mol. The van der Waals surface area contributed by atoms with Crippen LogP contribution in [0.5, 0.6) is 69.0 Å². The summed E-state index contributed by atoms with van der Waals surface area (Å²) in [6.07, 6.45) is 0. The molecule has 4 aromatic carbocycles. The second-order valence-electron chi connectivity index (χ2n) is 13.1. The van der Waals surface area contributed by atoms with Crippen LogP contribution in [0, 0.1) is 0 Å². The molecule has 0 saturated heterocycles. The van der Waals surface area contributed by atoms with Gasteiger partial charge in [0, 0.05) is 45.0 Å². The first-order valence-corrected chi connectivity index (χ1v) is 25.2. The van der Waals surface area contributed by atoms with Gasteiger partial charge in [-0.15, -0.1) is 0 Å². The first kappa shape index (κ1) is 50.5. The SMILES string of the molecule is CCOc1cc(OCC)c([Si](O[Si](c2cc(OCC)c(OCC)cc2OCC)c2cc(OCC)c(OCC)cc2OCC)c2cc(OCC)c(OCC)cc2OCC)cc1OCC. The highest BCUT2D eigenvalue weighted by Gasteiger charge is 2.39. The Hall–Kier alpha value is -5.13. The standard InChI is InChI=1S/C48H68O13Si2/c1-13-49-33-25-41(57-21-9)45(29-37(33)53-17-5)62(46-30-38(54-18-6)34(50-14-2)26-42(46)58-22-10)61-63(47-31-39(55-19-7)35(51-15-3)27-43(47)59-23-11)48-32-40(56-20-8)36(52-16-4)28-44(48)60-24-12/h25-32H,13-24H2,1-12H3. The second-order valence-corrected chi connectivity index (χ2v) is 17.4. The maximum Gasteiger partial charge on any atom is 0.280 e. The van der Waals surface area contributed by atoms with Crippen LogP contribution < -0.4 is 77.6 Å². The molecule has 346 valence electrons. The Morgan fingerprint density at radius 3 is 0.524 bits per heavy atom. The third-order valence-electron chi connectivity index (χ3n) is 8.96. The zero-order valence-corrected chi connectivity index (χ0v) is 41.4. The van der Waals surface area contributed by atoms with E-state index in [0.29, 0.717) is 148 Å². The van der Waals surface area contributed by atoms with Crippen molar-refractivity contribution in [1.29, 1.82) is 0 Å². The van der Waals surface area contributed by atoms with Crippen LogP contribution in [0.25, 0.3) is 0 Å². The van der Waals surface area contributed by atoms with E-state index in [-0.39, 0.29) is 0 Å². The minimum atomic E-state index is -2.52. The molecule has 0 fully saturated rings. The normalized spacial score (nSPS) is 11.0. The van der Waals surface area contributed by atoms with Gasteiger partial charge in [-0.2, -0.15) is 0 Å². The van der Waals surface area contributed by atoms with Gasteiger partial charge < -0.3 is 61.0 Å². The van der Waals surface area contributed by atoms with Crippen LogP contribution in [0.3, 0.4) is 0 Å². The molecule has 2 radical (unpaired) electrons. The topological polar surface area (TPSA) is 120 Å². The number of ether oxygens (including phenoxy) is 12. The highest BCUT2D eigenvalue weighted by atomic mass is 28.4. The summed E-state index contributed by atoms with van der Waals surface area (Å²) in [7, 11) is -5.04. The summed E-state index contributed by atoms with van der Waals surface area (Å²) in [5, 5.41) is 3.02. The van der Waals surface area contributed by atoms with Crippen LogP contribution in [0.15, 0.2) is 48.5 Å². The molecular weight excluding hydrogens is 841 g/mol. The minimum absolute atomic E-state index is 0.376. The lowest BCUT2D eigenvalue weighted by Crippen LogP contribution is -2.57. The summed E-state index contributed by atoms with van der Waals surface area (Å²) < 4.78 is 83.7. The van der Waals surface area contributed by atoms with Gasteiger partial charge in [0.25, 0.3) is 18.1 Å². The van der Waals surface area contributed by atoms with Gasteiger partial charge >= 0.3 is 0 Å². The van der Waals surface area contributed by atoms with Gasteiger partial charge in [-0.25, -0.2) is 0 Å². The van der Waals surface area contributed by atoms with E-state index in [2.05, 4.69) is 0 Å². The Bertz CT molecular complexity index is 1730. The van der Waals surface area contributed by atoms with E-state index in [0.717, 1.165) is 20.7 Å². The zero-order valence-electron chi connectivity index (χ0n) is 39.4. The van der Waals surface area contributed by atoms with Crippen molar-refractivity contribution in [3.8, 4) is 69.0 Å². The molecule has 63 heavy (non-hydrogen) atoms. The molecule has 0 aliphatic heterocycles. The second kappa shape index (κ2) is 26.5. The minimum Gasteiger partial charge on any atom is -0.494 e. The van der Waals surface area contributed by atoms with Crippen molar-refractivity contribution < 1.29 is 61.0 Å². The Balaban J connectivity index is 2.29. The summed E-state index contributed by atoms with van der Waals surface area (Å²) >= 11 is 0. The summed E-state index contributed by atoms with van der Waals surface area (Å²) in [5.74, 6) is 6.75. The molecule has 0 spiro atoms. The number of hydrogen-bond acceptors (Lipinski definition) is 13. The molecule has 0 N–H and O–H groups in total. The number of benzene rings is 4. The molecule has 0 bridgehead atoms. The van der Waals surface area contributed by atoms with Gasteiger partial charge in [0.05, 0.1) is 79.3 Å². The third-order valence-corrected chi connectivity index (χ3v) is 14.1. The largest absolute Gasteiger partial charge is 0.494 e. The first-order valence-electron chi connectivity index (χ1n) is 22.4. The van der Waals surface area contributed by atoms with Crippen molar-refractivity contribution in [2.45, 2.75) is 83.1 Å². The molecule has 0 aromatic heterocycles. The van der Waals surface area contributed by atoms with E-state index >= 15 is 0 Å². The van der Waals surface area contributed by atoms with Gasteiger partial charge in [0.15, 0.2) is 46.0 Å². The molecule has 0 saturated carbocycles. The van der Waals surface area contributed by atoms with Crippen molar-refractivity contribution in [3.05, 3.63) is 48.5 Å². The predicted molar refractivity (Wildman–Crippen MR) is 251 cm³/mol. The Morgan fingerprint density at radius 2 is 0.365 bits per heavy atom. The van der Waals surface area contributed by atoms with Crippen LogP contribution in [-0.2, 0) is 4.12 Å². The fraction of sp³-hybridized carbons (Fsp3) is 0.500. The summed E-state index contributed by atoms with van der Waals surface area (Å²) in [6, 6.07) is 15.4. The summed E-state index contributed by atoms with van der Waals surface area (Å²) in [5.41, 5.74) is 0. The average Bonchev–Trinajstić information content (AvgIpc) is 3.26. The smallest absolute Gasteiger partial charge is 0.280 e. The van der Waals surface area contributed by atoms with E-state index in [1.807, 2.05) is 132 Å². The molecule has 15 heteroatoms. The highest BCUT2D eigenvalue weighted by Crippen LogP contribution is 2.37. The molecule has 0 aliphatic carbocycles. The number of rotatable bonds is 30. The summed E-state index contributed by atoms with van der Waals surface area (Å²) in [6.45, 7) is 28.2. The van der Waals surface area contributed by atoms with E-state index in [9.17, 15) is 0 Å². The van der Waals surface area contributed by atoms with Crippen LogP contribution >= 0.6 is 0 Å². The lowest BCUT2D eigenvalue weighted by molar-refractivity contribution is 0.283. The molecule has 4 aromatic rings. The third kappa shape index (κ3) is 13.0. The molecule has 0 atom stereocenters.